The van der Waals surface area contributed by atoms with Crippen LogP contribution in [0, 0.1) is 12.3 Å². The van der Waals surface area contributed by atoms with Gasteiger partial charge in [-0.2, -0.15) is 0 Å². The van der Waals surface area contributed by atoms with Crippen LogP contribution < -0.4 is 0 Å². The van der Waals surface area contributed by atoms with E-state index in [1.54, 1.807) is 0 Å². The van der Waals surface area contributed by atoms with Crippen molar-refractivity contribution in [2.45, 2.75) is 44.9 Å². The minimum atomic E-state index is 0.965. The SMILES string of the molecule is C#CCCCCCCCCI. The molecule has 0 bridgehead atoms. The Morgan fingerprint density at radius 3 is 2.00 bits per heavy atom. The van der Waals surface area contributed by atoms with Crippen LogP contribution >= 0.6 is 22.6 Å². The van der Waals surface area contributed by atoms with Gasteiger partial charge in [0.2, 0.25) is 0 Å². The van der Waals surface area contributed by atoms with E-state index < -0.39 is 0 Å². The highest BCUT2D eigenvalue weighted by Crippen LogP contribution is 2.07. The molecule has 0 N–H and O–H groups in total. The Hall–Kier alpha value is 0.290. The monoisotopic (exact) mass is 264 g/mol. The number of rotatable bonds is 7. The first-order chi connectivity index (χ1) is 5.41. The summed E-state index contributed by atoms with van der Waals surface area (Å²) >= 11 is 2.44. The van der Waals surface area contributed by atoms with Crippen molar-refractivity contribution in [3.8, 4) is 12.3 Å². The van der Waals surface area contributed by atoms with Crippen LogP contribution in [0.3, 0.4) is 0 Å². The van der Waals surface area contributed by atoms with Crippen molar-refractivity contribution in [1.82, 2.24) is 0 Å². The zero-order chi connectivity index (χ0) is 8.36. The van der Waals surface area contributed by atoms with E-state index >= 15 is 0 Å². The van der Waals surface area contributed by atoms with Crippen molar-refractivity contribution in [3.05, 3.63) is 0 Å². The topological polar surface area (TPSA) is 0 Å². The fourth-order valence-electron chi connectivity index (χ4n) is 1.03. The Morgan fingerprint density at radius 1 is 0.909 bits per heavy atom. The summed E-state index contributed by atoms with van der Waals surface area (Å²) in [6.07, 6.45) is 14.2. The van der Waals surface area contributed by atoms with Gasteiger partial charge in [-0.15, -0.1) is 12.3 Å². The minimum absolute atomic E-state index is 0.965. The molecule has 64 valence electrons. The van der Waals surface area contributed by atoms with Crippen molar-refractivity contribution >= 4 is 22.6 Å². The Labute approximate surface area is 84.3 Å². The third kappa shape index (κ3) is 10.3. The lowest BCUT2D eigenvalue weighted by Crippen LogP contribution is -1.79. The molecule has 0 radical (unpaired) electrons. The molecule has 0 nitrogen and oxygen atoms in total. The first-order valence-electron chi connectivity index (χ1n) is 4.41. The molecule has 0 saturated carbocycles. The molecule has 0 aromatic carbocycles. The molecular weight excluding hydrogens is 247 g/mol. The van der Waals surface area contributed by atoms with Gasteiger partial charge in [-0.25, -0.2) is 0 Å². The lowest BCUT2D eigenvalue weighted by atomic mass is 10.1. The maximum Gasteiger partial charge on any atom is 0.00860 e. The molecule has 0 aromatic heterocycles. The van der Waals surface area contributed by atoms with Crippen molar-refractivity contribution in [1.29, 1.82) is 0 Å². The van der Waals surface area contributed by atoms with Gasteiger partial charge in [-0.05, 0) is 17.3 Å². The molecule has 0 atom stereocenters. The van der Waals surface area contributed by atoms with E-state index in [1.165, 1.54) is 43.0 Å². The number of unbranched alkanes of at least 4 members (excludes halogenated alkanes) is 6. The molecule has 0 fully saturated rings. The molecule has 0 aromatic rings. The van der Waals surface area contributed by atoms with E-state index in [4.69, 9.17) is 6.42 Å². The van der Waals surface area contributed by atoms with Crippen LogP contribution in [0.15, 0.2) is 0 Å². The third-order valence-electron chi connectivity index (χ3n) is 1.70. The molecule has 1 heteroatoms. The summed E-state index contributed by atoms with van der Waals surface area (Å²) in [4.78, 5) is 0. The van der Waals surface area contributed by atoms with E-state index in [1.807, 2.05) is 0 Å². The molecule has 0 unspecified atom stereocenters. The number of hydrogen-bond acceptors (Lipinski definition) is 0. The molecule has 0 aliphatic carbocycles. The number of hydrogen-bond donors (Lipinski definition) is 0. The maximum absolute atomic E-state index is 5.14. The van der Waals surface area contributed by atoms with E-state index in [0.717, 1.165) is 6.42 Å². The van der Waals surface area contributed by atoms with Crippen LogP contribution in [0.1, 0.15) is 44.9 Å². The van der Waals surface area contributed by atoms with Gasteiger partial charge >= 0.3 is 0 Å². The zero-order valence-corrected chi connectivity index (χ0v) is 9.27. The molecular formula is C10H17I. The van der Waals surface area contributed by atoms with Gasteiger partial charge < -0.3 is 0 Å². The highest BCUT2D eigenvalue weighted by atomic mass is 127. The van der Waals surface area contributed by atoms with Crippen LogP contribution in [-0.2, 0) is 0 Å². The molecule has 0 rings (SSSR count). The van der Waals surface area contributed by atoms with E-state index in [0.29, 0.717) is 0 Å². The molecule has 11 heavy (non-hydrogen) atoms. The summed E-state index contributed by atoms with van der Waals surface area (Å²) in [5, 5.41) is 0. The van der Waals surface area contributed by atoms with Crippen molar-refractivity contribution < 1.29 is 0 Å². The van der Waals surface area contributed by atoms with Crippen molar-refractivity contribution in [2.75, 3.05) is 4.43 Å². The lowest BCUT2D eigenvalue weighted by molar-refractivity contribution is 0.617. The van der Waals surface area contributed by atoms with Gasteiger partial charge in [0, 0.05) is 6.42 Å². The Balaban J connectivity index is 2.75. The first kappa shape index (κ1) is 11.3. The van der Waals surface area contributed by atoms with E-state index in [9.17, 15) is 0 Å². The van der Waals surface area contributed by atoms with Gasteiger partial charge in [0.05, 0.1) is 0 Å². The van der Waals surface area contributed by atoms with Crippen LogP contribution in [0.5, 0.6) is 0 Å². The van der Waals surface area contributed by atoms with Crippen LogP contribution in [0.4, 0.5) is 0 Å². The first-order valence-corrected chi connectivity index (χ1v) is 5.94. The van der Waals surface area contributed by atoms with Crippen LogP contribution in [0.25, 0.3) is 0 Å². The summed E-state index contributed by atoms with van der Waals surface area (Å²) in [5.41, 5.74) is 0. The highest BCUT2D eigenvalue weighted by Gasteiger charge is 1.88. The second-order valence-corrected chi connectivity index (χ2v) is 3.84. The van der Waals surface area contributed by atoms with Gasteiger partial charge in [0.1, 0.15) is 0 Å². The fraction of sp³-hybridized carbons (Fsp3) is 0.800. The normalized spacial score (nSPS) is 9.45. The fourth-order valence-corrected chi connectivity index (χ4v) is 1.57. The summed E-state index contributed by atoms with van der Waals surface area (Å²) in [7, 11) is 0. The van der Waals surface area contributed by atoms with Crippen LogP contribution in [-0.4, -0.2) is 4.43 Å². The Morgan fingerprint density at radius 2 is 1.45 bits per heavy atom. The molecule has 0 saturated heterocycles. The minimum Gasteiger partial charge on any atom is -0.120 e. The summed E-state index contributed by atoms with van der Waals surface area (Å²) in [5.74, 6) is 2.67. The van der Waals surface area contributed by atoms with Crippen molar-refractivity contribution in [3.63, 3.8) is 0 Å². The standard InChI is InChI=1S/C10H17I/c1-2-3-4-5-6-7-8-9-10-11/h1H,3-10H2. The second-order valence-electron chi connectivity index (χ2n) is 2.76. The van der Waals surface area contributed by atoms with Gasteiger partial charge in [-0.1, -0.05) is 48.3 Å². The molecule has 0 amide bonds. The molecule has 0 spiro atoms. The quantitative estimate of drug-likeness (QED) is 0.284. The molecule has 0 heterocycles. The van der Waals surface area contributed by atoms with Crippen molar-refractivity contribution in [2.24, 2.45) is 0 Å². The lowest BCUT2D eigenvalue weighted by Gasteiger charge is -1.97. The second kappa shape index (κ2) is 10.3. The summed E-state index contributed by atoms with van der Waals surface area (Å²) in [6, 6.07) is 0. The average Bonchev–Trinajstić information content (AvgIpc) is 2.03. The third-order valence-corrected chi connectivity index (χ3v) is 2.47. The number of terminal acetylenes is 1. The zero-order valence-electron chi connectivity index (χ0n) is 7.11. The average molecular weight is 264 g/mol. The molecule has 0 aliphatic heterocycles. The largest absolute Gasteiger partial charge is 0.120 e. The van der Waals surface area contributed by atoms with Gasteiger partial charge in [0.25, 0.3) is 0 Å². The predicted molar refractivity (Wildman–Crippen MR) is 60.0 cm³/mol. The van der Waals surface area contributed by atoms with Gasteiger partial charge in [-0.3, -0.25) is 0 Å². The number of alkyl halides is 1. The van der Waals surface area contributed by atoms with Gasteiger partial charge in [0.15, 0.2) is 0 Å². The maximum atomic E-state index is 5.14. The van der Waals surface area contributed by atoms with Crippen LogP contribution in [0.2, 0.25) is 0 Å². The Kier molecular flexibility index (Phi) is 10.6. The summed E-state index contributed by atoms with van der Waals surface area (Å²) in [6.45, 7) is 0. The highest BCUT2D eigenvalue weighted by molar-refractivity contribution is 14.1. The Bertz CT molecular complexity index is 102. The predicted octanol–water partition coefficient (Wildman–Crippen LogP) is 3.79. The molecule has 0 aliphatic rings. The smallest absolute Gasteiger partial charge is 0.00860 e. The number of halogens is 1. The van der Waals surface area contributed by atoms with E-state index in [-0.39, 0.29) is 0 Å². The van der Waals surface area contributed by atoms with E-state index in [2.05, 4.69) is 28.5 Å². The summed E-state index contributed by atoms with van der Waals surface area (Å²) < 4.78 is 1.31.